The van der Waals surface area contributed by atoms with Crippen molar-refractivity contribution in [2.45, 2.75) is 13.1 Å². The number of aryl methyl sites for hydroxylation is 1. The van der Waals surface area contributed by atoms with Crippen molar-refractivity contribution in [1.82, 2.24) is 9.88 Å². The van der Waals surface area contributed by atoms with Crippen molar-refractivity contribution in [1.29, 1.82) is 0 Å². The minimum Gasteiger partial charge on any atom is -0.340 e. The average Bonchev–Trinajstić information content (AvgIpc) is 2.75. The first-order chi connectivity index (χ1) is 9.35. The second kappa shape index (κ2) is 5.35. The molecule has 3 heteroatoms. The van der Waals surface area contributed by atoms with E-state index in [1.165, 1.54) is 27.4 Å². The molecule has 3 aromatic rings. The number of rotatable bonds is 4. The number of nitrogens with one attached hydrogen (secondary N) is 1. The maximum atomic E-state index is 3.55. The van der Waals surface area contributed by atoms with Crippen LogP contribution in [0.4, 0.5) is 0 Å². The van der Waals surface area contributed by atoms with Crippen LogP contribution in [0.1, 0.15) is 5.56 Å². The lowest BCUT2D eigenvalue weighted by molar-refractivity contribution is 0.817. The van der Waals surface area contributed by atoms with Gasteiger partial charge >= 0.3 is 0 Å². The van der Waals surface area contributed by atoms with Crippen LogP contribution in [-0.2, 0) is 13.1 Å². The summed E-state index contributed by atoms with van der Waals surface area (Å²) >= 11 is 3.55. The maximum absolute atomic E-state index is 3.55. The van der Waals surface area contributed by atoms with Gasteiger partial charge in [0.15, 0.2) is 0 Å². The van der Waals surface area contributed by atoms with Gasteiger partial charge < -0.3 is 9.88 Å². The maximum Gasteiger partial charge on any atom is 0.0491 e. The second-order valence-corrected chi connectivity index (χ2v) is 5.53. The second-order valence-electron chi connectivity index (χ2n) is 4.74. The van der Waals surface area contributed by atoms with Gasteiger partial charge in [-0.15, -0.1) is 0 Å². The molecule has 0 aliphatic rings. The Kier molecular flexibility index (Phi) is 3.58. The van der Waals surface area contributed by atoms with Gasteiger partial charge in [-0.2, -0.15) is 0 Å². The van der Waals surface area contributed by atoms with Crippen molar-refractivity contribution in [3.8, 4) is 0 Å². The van der Waals surface area contributed by atoms with E-state index in [0.29, 0.717) is 0 Å². The monoisotopic (exact) mass is 316 g/mol. The number of fused-ring (bicyclic) bond motifs is 3. The van der Waals surface area contributed by atoms with E-state index in [1.54, 1.807) is 0 Å². The molecule has 0 unspecified atom stereocenters. The summed E-state index contributed by atoms with van der Waals surface area (Å²) < 4.78 is 2.39. The molecule has 1 heterocycles. The highest BCUT2D eigenvalue weighted by Crippen LogP contribution is 2.29. The van der Waals surface area contributed by atoms with E-state index >= 15 is 0 Å². The van der Waals surface area contributed by atoms with E-state index < -0.39 is 0 Å². The third-order valence-corrected chi connectivity index (χ3v) is 3.88. The van der Waals surface area contributed by atoms with Crippen LogP contribution in [0.15, 0.2) is 42.5 Å². The van der Waals surface area contributed by atoms with Gasteiger partial charge in [0.05, 0.1) is 0 Å². The molecule has 1 aromatic heterocycles. The van der Waals surface area contributed by atoms with Crippen LogP contribution in [0, 0.1) is 0 Å². The van der Waals surface area contributed by atoms with E-state index in [1.807, 2.05) is 7.05 Å². The van der Waals surface area contributed by atoms with Crippen molar-refractivity contribution in [3.63, 3.8) is 0 Å². The molecule has 3 rings (SSSR count). The number of hydrogen-bond donors (Lipinski definition) is 1. The molecule has 0 saturated heterocycles. The number of hydrogen-bond acceptors (Lipinski definition) is 1. The normalized spacial score (nSPS) is 11.5. The Morgan fingerprint density at radius 1 is 1.05 bits per heavy atom. The topological polar surface area (TPSA) is 17.0 Å². The van der Waals surface area contributed by atoms with Gasteiger partial charge in [0.1, 0.15) is 0 Å². The number of aromatic nitrogens is 1. The van der Waals surface area contributed by atoms with Crippen LogP contribution < -0.4 is 5.32 Å². The Morgan fingerprint density at radius 2 is 1.84 bits per heavy atom. The number of halogens is 1. The largest absolute Gasteiger partial charge is 0.340 e. The van der Waals surface area contributed by atoms with E-state index in [2.05, 4.69) is 68.3 Å². The third-order valence-electron chi connectivity index (χ3n) is 3.53. The summed E-state index contributed by atoms with van der Waals surface area (Å²) in [6, 6.07) is 15.4. The standard InChI is InChI=1S/C16H17BrN2/c1-18-11-12-6-7-16-14(10-12)13-4-2-3-5-15(13)19(16)9-8-17/h2-7,10,18H,8-9,11H2,1H3. The molecular weight excluding hydrogens is 300 g/mol. The smallest absolute Gasteiger partial charge is 0.0491 e. The lowest BCUT2D eigenvalue weighted by Gasteiger charge is -2.05. The molecule has 0 bridgehead atoms. The van der Waals surface area contributed by atoms with Gasteiger partial charge in [-0.25, -0.2) is 0 Å². The number of nitrogens with zero attached hydrogens (tertiary/aromatic N) is 1. The van der Waals surface area contributed by atoms with Gasteiger partial charge in [-0.3, -0.25) is 0 Å². The molecule has 0 radical (unpaired) electrons. The number of alkyl halides is 1. The molecule has 2 aromatic carbocycles. The fourth-order valence-corrected chi connectivity index (χ4v) is 3.09. The van der Waals surface area contributed by atoms with Crippen molar-refractivity contribution in [2.24, 2.45) is 0 Å². The minimum absolute atomic E-state index is 0.911. The van der Waals surface area contributed by atoms with Crippen molar-refractivity contribution in [2.75, 3.05) is 12.4 Å². The molecule has 98 valence electrons. The highest BCUT2D eigenvalue weighted by molar-refractivity contribution is 9.09. The molecule has 0 spiro atoms. The van der Waals surface area contributed by atoms with E-state index in [4.69, 9.17) is 0 Å². The SMILES string of the molecule is CNCc1ccc2c(c1)c1ccccc1n2CCBr. The lowest BCUT2D eigenvalue weighted by Crippen LogP contribution is -2.04. The van der Waals surface area contributed by atoms with Crippen molar-refractivity contribution >= 4 is 37.7 Å². The van der Waals surface area contributed by atoms with Crippen LogP contribution in [0.5, 0.6) is 0 Å². The summed E-state index contributed by atoms with van der Waals surface area (Å²) in [5.41, 5.74) is 3.97. The Hall–Kier alpha value is -1.32. The minimum atomic E-state index is 0.911. The average molecular weight is 317 g/mol. The Morgan fingerprint density at radius 3 is 2.63 bits per heavy atom. The fraction of sp³-hybridized carbons (Fsp3) is 0.250. The zero-order valence-corrected chi connectivity index (χ0v) is 12.6. The van der Waals surface area contributed by atoms with Crippen LogP contribution in [0.25, 0.3) is 21.8 Å². The summed E-state index contributed by atoms with van der Waals surface area (Å²) in [5.74, 6) is 0. The van der Waals surface area contributed by atoms with E-state index in [9.17, 15) is 0 Å². The van der Waals surface area contributed by atoms with Crippen molar-refractivity contribution in [3.05, 3.63) is 48.0 Å². The first-order valence-electron chi connectivity index (χ1n) is 6.55. The molecule has 1 N–H and O–H groups in total. The Labute approximate surface area is 121 Å². The van der Waals surface area contributed by atoms with Gasteiger partial charge in [0.25, 0.3) is 0 Å². The van der Waals surface area contributed by atoms with Crippen LogP contribution in [-0.4, -0.2) is 16.9 Å². The summed E-state index contributed by atoms with van der Waals surface area (Å²) in [7, 11) is 1.98. The quantitative estimate of drug-likeness (QED) is 0.722. The number of para-hydroxylation sites is 1. The molecule has 19 heavy (non-hydrogen) atoms. The summed E-state index contributed by atoms with van der Waals surface area (Å²) in [4.78, 5) is 0. The van der Waals surface area contributed by atoms with Gasteiger partial charge in [0, 0.05) is 40.2 Å². The molecular formula is C16H17BrN2. The number of benzene rings is 2. The Balaban J connectivity index is 2.32. The molecule has 2 nitrogen and oxygen atoms in total. The van der Waals surface area contributed by atoms with E-state index in [0.717, 1.165) is 18.4 Å². The first-order valence-corrected chi connectivity index (χ1v) is 7.67. The van der Waals surface area contributed by atoms with E-state index in [-0.39, 0.29) is 0 Å². The molecule has 0 aliphatic heterocycles. The van der Waals surface area contributed by atoms with Crippen LogP contribution in [0.3, 0.4) is 0 Å². The summed E-state index contributed by atoms with van der Waals surface area (Å²) in [6.07, 6.45) is 0. The van der Waals surface area contributed by atoms with Crippen LogP contribution >= 0.6 is 15.9 Å². The molecule has 0 aliphatic carbocycles. The Bertz CT molecular complexity index is 715. The highest BCUT2D eigenvalue weighted by atomic mass is 79.9. The zero-order chi connectivity index (χ0) is 13.2. The molecule has 0 fully saturated rings. The molecule has 0 amide bonds. The molecule has 0 atom stereocenters. The lowest BCUT2D eigenvalue weighted by atomic mass is 10.1. The van der Waals surface area contributed by atoms with Crippen LogP contribution in [0.2, 0.25) is 0 Å². The molecule has 0 saturated carbocycles. The fourth-order valence-electron chi connectivity index (χ4n) is 2.74. The third kappa shape index (κ3) is 2.17. The highest BCUT2D eigenvalue weighted by Gasteiger charge is 2.09. The van der Waals surface area contributed by atoms with Gasteiger partial charge in [-0.1, -0.05) is 40.2 Å². The summed E-state index contributed by atoms with van der Waals surface area (Å²) in [5, 5.41) is 6.88. The van der Waals surface area contributed by atoms with Gasteiger partial charge in [-0.05, 0) is 30.8 Å². The predicted molar refractivity (Wildman–Crippen MR) is 86.0 cm³/mol. The zero-order valence-electron chi connectivity index (χ0n) is 11.0. The first kappa shape index (κ1) is 12.7. The summed E-state index contributed by atoms with van der Waals surface area (Å²) in [6.45, 7) is 1.91. The predicted octanol–water partition coefficient (Wildman–Crippen LogP) is 3.91. The van der Waals surface area contributed by atoms with Gasteiger partial charge in [0.2, 0.25) is 0 Å². The van der Waals surface area contributed by atoms with Crippen molar-refractivity contribution < 1.29 is 0 Å².